The van der Waals surface area contributed by atoms with Gasteiger partial charge in [0.2, 0.25) is 15.9 Å². The summed E-state index contributed by atoms with van der Waals surface area (Å²) in [4.78, 5) is 13.2. The Morgan fingerprint density at radius 1 is 1.03 bits per heavy atom. The summed E-state index contributed by atoms with van der Waals surface area (Å²) in [5.41, 5.74) is 0.641. The van der Waals surface area contributed by atoms with Crippen LogP contribution in [0.5, 0.6) is 11.5 Å². The molecule has 1 saturated heterocycles. The van der Waals surface area contributed by atoms with E-state index in [2.05, 4.69) is 0 Å². The topological polar surface area (TPSA) is 76.2 Å². The summed E-state index contributed by atoms with van der Waals surface area (Å²) in [7, 11) is -4.35. The van der Waals surface area contributed by atoms with E-state index < -0.39 is 26.6 Å². The molecule has 0 aliphatic carbocycles. The van der Waals surface area contributed by atoms with E-state index in [1.807, 2.05) is 0 Å². The van der Waals surface area contributed by atoms with Crippen molar-refractivity contribution in [1.82, 2.24) is 9.21 Å². The summed E-state index contributed by atoms with van der Waals surface area (Å²) in [5, 5.41) is 0.350. The lowest BCUT2D eigenvalue weighted by Gasteiger charge is -2.34. The molecule has 0 aromatic heterocycles. The standard InChI is InChI=1S/C20H19ClF2N2O5S/c21-14-10-13(11-17-19(14)30-9-8-29-17)12-18(26)24-4-6-25(7-5-24)31(27,28)20-15(22)2-1-3-16(20)23/h1-3,10-11H,4-9,12H2. The highest BCUT2D eigenvalue weighted by molar-refractivity contribution is 7.89. The summed E-state index contributed by atoms with van der Waals surface area (Å²) in [6, 6.07) is 6.22. The highest BCUT2D eigenvalue weighted by Gasteiger charge is 2.34. The van der Waals surface area contributed by atoms with E-state index in [0.717, 1.165) is 22.5 Å². The zero-order valence-electron chi connectivity index (χ0n) is 16.3. The van der Waals surface area contributed by atoms with Gasteiger partial charge in [0.15, 0.2) is 16.4 Å². The molecule has 2 aliphatic heterocycles. The van der Waals surface area contributed by atoms with Crippen molar-refractivity contribution in [2.75, 3.05) is 39.4 Å². The molecule has 0 unspecified atom stereocenters. The molecule has 1 amide bonds. The van der Waals surface area contributed by atoms with Gasteiger partial charge < -0.3 is 14.4 Å². The molecule has 11 heteroatoms. The molecule has 1 fully saturated rings. The fraction of sp³-hybridized carbons (Fsp3) is 0.350. The molecule has 31 heavy (non-hydrogen) atoms. The highest BCUT2D eigenvalue weighted by atomic mass is 35.5. The highest BCUT2D eigenvalue weighted by Crippen LogP contribution is 2.38. The van der Waals surface area contributed by atoms with E-state index in [4.69, 9.17) is 21.1 Å². The average molecular weight is 473 g/mol. The second-order valence-electron chi connectivity index (χ2n) is 7.11. The van der Waals surface area contributed by atoms with Crippen LogP contribution in [0.15, 0.2) is 35.2 Å². The van der Waals surface area contributed by atoms with Crippen LogP contribution in [0.2, 0.25) is 5.02 Å². The first-order chi connectivity index (χ1) is 14.8. The van der Waals surface area contributed by atoms with Crippen LogP contribution >= 0.6 is 11.6 Å². The Hall–Kier alpha value is -2.43. The summed E-state index contributed by atoms with van der Waals surface area (Å²) in [5.74, 6) is -1.59. The Balaban J connectivity index is 1.42. The number of hydrogen-bond acceptors (Lipinski definition) is 5. The lowest BCUT2D eigenvalue weighted by Crippen LogP contribution is -2.51. The van der Waals surface area contributed by atoms with Crippen LogP contribution in [0.4, 0.5) is 8.78 Å². The summed E-state index contributed by atoms with van der Waals surface area (Å²) < 4.78 is 65.2. The van der Waals surface area contributed by atoms with E-state index >= 15 is 0 Å². The predicted octanol–water partition coefficient (Wildman–Crippen LogP) is 2.47. The lowest BCUT2D eigenvalue weighted by atomic mass is 10.1. The molecule has 0 bridgehead atoms. The second-order valence-corrected chi connectivity index (χ2v) is 9.40. The van der Waals surface area contributed by atoms with Gasteiger partial charge in [0.1, 0.15) is 24.8 Å². The number of carbonyl (C=O) groups excluding carboxylic acids is 1. The first kappa shape index (κ1) is 21.8. The minimum absolute atomic E-state index is 0.0467. The molecule has 2 aromatic carbocycles. The quantitative estimate of drug-likeness (QED) is 0.683. The van der Waals surface area contributed by atoms with Crippen LogP contribution in [0.25, 0.3) is 0 Å². The molecule has 2 aromatic rings. The number of halogens is 3. The third-order valence-corrected chi connectivity index (χ3v) is 7.35. The number of benzene rings is 2. The van der Waals surface area contributed by atoms with Crippen molar-refractivity contribution in [3.05, 3.63) is 52.6 Å². The van der Waals surface area contributed by atoms with E-state index in [1.165, 1.54) is 4.90 Å². The Kier molecular flexibility index (Phi) is 6.05. The van der Waals surface area contributed by atoms with E-state index in [-0.39, 0.29) is 38.5 Å². The normalized spacial score (nSPS) is 16.9. The molecule has 0 spiro atoms. The van der Waals surface area contributed by atoms with Crippen molar-refractivity contribution >= 4 is 27.5 Å². The van der Waals surface area contributed by atoms with Crippen molar-refractivity contribution in [1.29, 1.82) is 0 Å². The SMILES string of the molecule is O=C(Cc1cc(Cl)c2c(c1)OCCO2)N1CCN(S(=O)(=O)c2c(F)cccc2F)CC1. The van der Waals surface area contributed by atoms with Crippen LogP contribution in [0.3, 0.4) is 0 Å². The Labute approximate surface area is 183 Å². The van der Waals surface area contributed by atoms with Gasteiger partial charge in [-0.25, -0.2) is 17.2 Å². The van der Waals surface area contributed by atoms with Gasteiger partial charge in [-0.05, 0) is 29.8 Å². The molecule has 2 heterocycles. The van der Waals surface area contributed by atoms with Crippen molar-refractivity contribution in [3.63, 3.8) is 0 Å². The molecule has 166 valence electrons. The van der Waals surface area contributed by atoms with Crippen LogP contribution in [0.1, 0.15) is 5.56 Å². The largest absolute Gasteiger partial charge is 0.486 e. The number of piperazine rings is 1. The maximum atomic E-state index is 14.0. The zero-order valence-corrected chi connectivity index (χ0v) is 17.9. The van der Waals surface area contributed by atoms with Gasteiger partial charge >= 0.3 is 0 Å². The van der Waals surface area contributed by atoms with Gasteiger partial charge in [0.25, 0.3) is 0 Å². The minimum atomic E-state index is -4.35. The Morgan fingerprint density at radius 3 is 2.35 bits per heavy atom. The number of carbonyl (C=O) groups is 1. The lowest BCUT2D eigenvalue weighted by molar-refractivity contribution is -0.131. The fourth-order valence-corrected chi connectivity index (χ4v) is 5.41. The van der Waals surface area contributed by atoms with E-state index in [9.17, 15) is 22.0 Å². The number of nitrogens with zero attached hydrogens (tertiary/aromatic N) is 2. The summed E-state index contributed by atoms with van der Waals surface area (Å²) in [6.07, 6.45) is 0.0467. The molecular formula is C20H19ClF2N2O5S. The van der Waals surface area contributed by atoms with Gasteiger partial charge in [0, 0.05) is 26.2 Å². The molecule has 0 radical (unpaired) electrons. The predicted molar refractivity (Wildman–Crippen MR) is 108 cm³/mol. The van der Waals surface area contributed by atoms with Crippen molar-refractivity contribution in [3.8, 4) is 11.5 Å². The minimum Gasteiger partial charge on any atom is -0.486 e. The van der Waals surface area contributed by atoms with Gasteiger partial charge in [-0.15, -0.1) is 0 Å². The van der Waals surface area contributed by atoms with Crippen molar-refractivity contribution in [2.45, 2.75) is 11.3 Å². The van der Waals surface area contributed by atoms with Gasteiger partial charge in [-0.2, -0.15) is 4.31 Å². The van der Waals surface area contributed by atoms with Crippen LogP contribution in [0, 0.1) is 11.6 Å². The molecule has 0 saturated carbocycles. The Morgan fingerprint density at radius 2 is 1.68 bits per heavy atom. The average Bonchev–Trinajstić information content (AvgIpc) is 2.73. The van der Waals surface area contributed by atoms with Crippen LogP contribution in [-0.2, 0) is 21.2 Å². The van der Waals surface area contributed by atoms with Crippen LogP contribution in [-0.4, -0.2) is 62.9 Å². The van der Waals surface area contributed by atoms with Crippen molar-refractivity contribution < 1.29 is 31.5 Å². The molecule has 0 atom stereocenters. The van der Waals surface area contributed by atoms with Gasteiger partial charge in [-0.3, -0.25) is 4.79 Å². The molecule has 0 N–H and O–H groups in total. The second kappa shape index (κ2) is 8.60. The number of amides is 1. The van der Waals surface area contributed by atoms with E-state index in [0.29, 0.717) is 35.3 Å². The molecule has 4 rings (SSSR count). The van der Waals surface area contributed by atoms with Gasteiger partial charge in [-0.1, -0.05) is 17.7 Å². The first-order valence-corrected chi connectivity index (χ1v) is 11.4. The number of hydrogen-bond donors (Lipinski definition) is 0. The van der Waals surface area contributed by atoms with Crippen molar-refractivity contribution in [2.24, 2.45) is 0 Å². The number of ether oxygens (including phenoxy) is 2. The first-order valence-electron chi connectivity index (χ1n) is 9.57. The number of sulfonamides is 1. The van der Waals surface area contributed by atoms with Gasteiger partial charge in [0.05, 0.1) is 11.4 Å². The summed E-state index contributed by atoms with van der Waals surface area (Å²) in [6.45, 7) is 0.862. The zero-order chi connectivity index (χ0) is 22.2. The van der Waals surface area contributed by atoms with Crippen LogP contribution < -0.4 is 9.47 Å². The molecule has 7 nitrogen and oxygen atoms in total. The van der Waals surface area contributed by atoms with E-state index in [1.54, 1.807) is 12.1 Å². The fourth-order valence-electron chi connectivity index (χ4n) is 3.59. The molecular weight excluding hydrogens is 454 g/mol. The maximum absolute atomic E-state index is 14.0. The monoisotopic (exact) mass is 472 g/mol. The smallest absolute Gasteiger partial charge is 0.249 e. The molecule has 2 aliphatic rings. The Bertz CT molecular complexity index is 1100. The summed E-state index contributed by atoms with van der Waals surface area (Å²) >= 11 is 6.21. The number of fused-ring (bicyclic) bond motifs is 1. The third-order valence-electron chi connectivity index (χ3n) is 5.12. The maximum Gasteiger partial charge on any atom is 0.249 e. The third kappa shape index (κ3) is 4.32. The number of rotatable bonds is 4.